The van der Waals surface area contributed by atoms with Crippen LogP contribution in [0.1, 0.15) is 23.2 Å². The summed E-state index contributed by atoms with van der Waals surface area (Å²) < 4.78 is 0. The fourth-order valence-corrected chi connectivity index (χ4v) is 3.34. The van der Waals surface area contributed by atoms with Gasteiger partial charge >= 0.3 is 0 Å². The fraction of sp³-hybridized carbons (Fsp3) is 0.500. The molecule has 2 saturated heterocycles. The Morgan fingerprint density at radius 2 is 2.05 bits per heavy atom. The minimum Gasteiger partial charge on any atom is -0.338 e. The quantitative estimate of drug-likeness (QED) is 0.854. The van der Waals surface area contributed by atoms with Crippen molar-refractivity contribution in [1.82, 2.24) is 10.2 Å². The molecule has 1 aromatic carbocycles. The van der Waals surface area contributed by atoms with Crippen molar-refractivity contribution in [2.45, 2.75) is 18.9 Å². The number of carbonyl (C=O) groups is 1. The molecule has 3 nitrogen and oxygen atoms in total. The van der Waals surface area contributed by atoms with Gasteiger partial charge in [-0.2, -0.15) is 0 Å². The van der Waals surface area contributed by atoms with Gasteiger partial charge in [-0.3, -0.25) is 4.79 Å². The Labute approximate surface area is 135 Å². The first-order valence-corrected chi connectivity index (χ1v) is 7.38. The zero-order valence-electron chi connectivity index (χ0n) is 10.9. The van der Waals surface area contributed by atoms with Crippen LogP contribution in [0.3, 0.4) is 0 Å². The molecular formula is C14H17Cl3N2O. The van der Waals surface area contributed by atoms with E-state index in [9.17, 15) is 4.79 Å². The predicted octanol–water partition coefficient (Wildman–Crippen LogP) is 3.24. The van der Waals surface area contributed by atoms with E-state index in [1.165, 1.54) is 0 Å². The van der Waals surface area contributed by atoms with Gasteiger partial charge in [-0.05, 0) is 43.5 Å². The van der Waals surface area contributed by atoms with Crippen LogP contribution >= 0.6 is 35.6 Å². The van der Waals surface area contributed by atoms with Crippen molar-refractivity contribution in [3.63, 3.8) is 0 Å². The van der Waals surface area contributed by atoms with E-state index in [2.05, 4.69) is 5.32 Å². The smallest absolute Gasteiger partial charge is 0.253 e. The maximum Gasteiger partial charge on any atom is 0.253 e. The molecule has 0 aliphatic carbocycles. The first kappa shape index (κ1) is 15.9. The SMILES string of the molecule is Cl.O=C(c1ccc(Cl)c(Cl)c1)N1CCC2NCCC2C1. The maximum absolute atomic E-state index is 12.5. The minimum atomic E-state index is 0. The predicted molar refractivity (Wildman–Crippen MR) is 84.1 cm³/mol. The van der Waals surface area contributed by atoms with Gasteiger partial charge < -0.3 is 10.2 Å². The third-order valence-corrected chi connectivity index (χ3v) is 4.85. The average molecular weight is 336 g/mol. The number of amides is 1. The van der Waals surface area contributed by atoms with Gasteiger partial charge in [0.25, 0.3) is 5.91 Å². The van der Waals surface area contributed by atoms with Gasteiger partial charge in [0.1, 0.15) is 0 Å². The van der Waals surface area contributed by atoms with Crippen molar-refractivity contribution < 1.29 is 4.79 Å². The van der Waals surface area contributed by atoms with Gasteiger partial charge in [0.2, 0.25) is 0 Å². The second-order valence-electron chi connectivity index (χ2n) is 5.28. The number of hydrogen-bond acceptors (Lipinski definition) is 2. The van der Waals surface area contributed by atoms with E-state index < -0.39 is 0 Å². The number of rotatable bonds is 1. The Morgan fingerprint density at radius 1 is 1.25 bits per heavy atom. The molecule has 2 fully saturated rings. The van der Waals surface area contributed by atoms with Gasteiger partial charge in [0, 0.05) is 24.7 Å². The second kappa shape index (κ2) is 6.52. The lowest BCUT2D eigenvalue weighted by atomic mass is 9.93. The Bertz CT molecular complexity index is 509. The topological polar surface area (TPSA) is 32.3 Å². The highest BCUT2D eigenvalue weighted by atomic mass is 35.5. The number of carbonyl (C=O) groups excluding carboxylic acids is 1. The molecule has 20 heavy (non-hydrogen) atoms. The first-order chi connectivity index (χ1) is 9.15. The molecule has 1 aromatic rings. The van der Waals surface area contributed by atoms with E-state index in [-0.39, 0.29) is 18.3 Å². The molecule has 110 valence electrons. The summed E-state index contributed by atoms with van der Waals surface area (Å²) in [5, 5.41) is 4.42. The average Bonchev–Trinajstić information content (AvgIpc) is 2.88. The molecule has 0 radical (unpaired) electrons. The molecule has 2 atom stereocenters. The summed E-state index contributed by atoms with van der Waals surface area (Å²) in [5.74, 6) is 0.657. The van der Waals surface area contributed by atoms with Crippen molar-refractivity contribution in [2.75, 3.05) is 19.6 Å². The van der Waals surface area contributed by atoms with E-state index in [1.807, 2.05) is 4.90 Å². The normalized spacial score (nSPS) is 25.0. The molecule has 2 unspecified atom stereocenters. The highest BCUT2D eigenvalue weighted by Crippen LogP contribution is 2.27. The molecule has 1 amide bonds. The van der Waals surface area contributed by atoms with E-state index in [4.69, 9.17) is 23.2 Å². The lowest BCUT2D eigenvalue weighted by molar-refractivity contribution is 0.0662. The van der Waals surface area contributed by atoms with Crippen LogP contribution in [-0.2, 0) is 0 Å². The summed E-state index contributed by atoms with van der Waals surface area (Å²) in [6.07, 6.45) is 2.20. The Kier molecular flexibility index (Phi) is 5.19. The maximum atomic E-state index is 12.5. The largest absolute Gasteiger partial charge is 0.338 e. The fourth-order valence-electron chi connectivity index (χ4n) is 3.04. The van der Waals surface area contributed by atoms with Crippen LogP contribution in [-0.4, -0.2) is 36.5 Å². The van der Waals surface area contributed by atoms with E-state index >= 15 is 0 Å². The van der Waals surface area contributed by atoms with Crippen molar-refractivity contribution in [3.05, 3.63) is 33.8 Å². The van der Waals surface area contributed by atoms with Crippen molar-refractivity contribution in [3.8, 4) is 0 Å². The molecule has 1 N–H and O–H groups in total. The zero-order valence-corrected chi connectivity index (χ0v) is 13.3. The van der Waals surface area contributed by atoms with Gasteiger partial charge in [-0.1, -0.05) is 23.2 Å². The van der Waals surface area contributed by atoms with Crippen LogP contribution in [0.15, 0.2) is 18.2 Å². The number of halogens is 3. The summed E-state index contributed by atoms with van der Waals surface area (Å²) in [6.45, 7) is 2.73. The molecule has 0 bridgehead atoms. The van der Waals surface area contributed by atoms with E-state index in [1.54, 1.807) is 18.2 Å². The molecule has 2 aliphatic rings. The van der Waals surface area contributed by atoms with Crippen LogP contribution < -0.4 is 5.32 Å². The Balaban J connectivity index is 0.00000147. The number of piperidine rings is 1. The summed E-state index contributed by atoms with van der Waals surface area (Å²) in [7, 11) is 0. The highest BCUT2D eigenvalue weighted by Gasteiger charge is 2.34. The third kappa shape index (κ3) is 3.06. The van der Waals surface area contributed by atoms with Crippen LogP contribution in [0, 0.1) is 5.92 Å². The number of nitrogens with zero attached hydrogens (tertiary/aromatic N) is 1. The number of likely N-dealkylation sites (tertiary alicyclic amines) is 1. The molecule has 6 heteroatoms. The molecule has 2 aliphatic heterocycles. The molecule has 3 rings (SSSR count). The zero-order chi connectivity index (χ0) is 13.4. The molecule has 2 heterocycles. The molecular weight excluding hydrogens is 319 g/mol. The van der Waals surface area contributed by atoms with Gasteiger partial charge in [0.15, 0.2) is 0 Å². The van der Waals surface area contributed by atoms with Crippen LogP contribution in [0.25, 0.3) is 0 Å². The lowest BCUT2D eigenvalue weighted by Crippen LogP contribution is -2.46. The van der Waals surface area contributed by atoms with Crippen molar-refractivity contribution >= 4 is 41.5 Å². The van der Waals surface area contributed by atoms with Gasteiger partial charge in [0.05, 0.1) is 10.0 Å². The molecule has 0 saturated carbocycles. The number of fused-ring (bicyclic) bond motifs is 1. The highest BCUT2D eigenvalue weighted by molar-refractivity contribution is 6.42. The number of hydrogen-bond donors (Lipinski definition) is 1. The third-order valence-electron chi connectivity index (χ3n) is 4.11. The standard InChI is InChI=1S/C14H16Cl2N2O.ClH/c15-11-2-1-9(7-12(11)16)14(19)18-6-4-13-10(8-18)3-5-17-13;/h1-2,7,10,13,17H,3-6,8H2;1H. The first-order valence-electron chi connectivity index (χ1n) is 6.63. The summed E-state index contributed by atoms with van der Waals surface area (Å²) in [6, 6.07) is 5.68. The van der Waals surface area contributed by atoms with Crippen molar-refractivity contribution in [1.29, 1.82) is 0 Å². The Hall–Kier alpha value is -0.480. The summed E-state index contributed by atoms with van der Waals surface area (Å²) in [5.41, 5.74) is 0.624. The monoisotopic (exact) mass is 334 g/mol. The van der Waals surface area contributed by atoms with Crippen LogP contribution in [0.5, 0.6) is 0 Å². The molecule has 0 spiro atoms. The van der Waals surface area contributed by atoms with Gasteiger partial charge in [-0.15, -0.1) is 12.4 Å². The van der Waals surface area contributed by atoms with E-state index in [0.717, 1.165) is 32.5 Å². The van der Waals surface area contributed by atoms with Crippen LogP contribution in [0.2, 0.25) is 10.0 Å². The van der Waals surface area contributed by atoms with E-state index in [0.29, 0.717) is 27.6 Å². The minimum absolute atomic E-state index is 0. The number of nitrogens with one attached hydrogen (secondary N) is 1. The summed E-state index contributed by atoms with van der Waals surface area (Å²) in [4.78, 5) is 14.4. The van der Waals surface area contributed by atoms with Gasteiger partial charge in [-0.25, -0.2) is 0 Å². The van der Waals surface area contributed by atoms with Crippen molar-refractivity contribution in [2.24, 2.45) is 5.92 Å². The summed E-state index contributed by atoms with van der Waals surface area (Å²) >= 11 is 11.9. The van der Waals surface area contributed by atoms with Crippen LogP contribution in [0.4, 0.5) is 0 Å². The number of benzene rings is 1. The lowest BCUT2D eigenvalue weighted by Gasteiger charge is -2.35. The second-order valence-corrected chi connectivity index (χ2v) is 6.09. The Morgan fingerprint density at radius 3 is 2.80 bits per heavy atom. The molecule has 0 aromatic heterocycles.